The smallest absolute Gasteiger partial charge is 0.305 e. The molecule has 4 aliphatic heterocycles. The molecule has 0 aliphatic carbocycles. The number of benzene rings is 4. The van der Waals surface area contributed by atoms with Gasteiger partial charge < -0.3 is 79.9 Å². The maximum atomic E-state index is 11.4. The van der Waals surface area contributed by atoms with Crippen molar-refractivity contribution in [2.75, 3.05) is 6.61 Å². The van der Waals surface area contributed by atoms with E-state index < -0.39 is 95.7 Å². The lowest BCUT2D eigenvalue weighted by molar-refractivity contribution is -0.327. The van der Waals surface area contributed by atoms with Crippen LogP contribution in [-0.2, 0) is 21.7 Å². The van der Waals surface area contributed by atoms with Crippen LogP contribution in [-0.4, -0.2) is 99.6 Å². The lowest BCUT2D eigenvalue weighted by Crippen LogP contribution is -2.62. The Morgan fingerprint density at radius 2 is 1.33 bits per heavy atom. The summed E-state index contributed by atoms with van der Waals surface area (Å²) in [6, 6.07) is 10.9. The second-order valence-electron chi connectivity index (χ2n) is 12.9. The minimum absolute atomic E-state index is 0.00353. The Labute approximate surface area is 287 Å². The predicted molar refractivity (Wildman–Crippen MR) is 168 cm³/mol. The highest BCUT2D eigenvalue weighted by Crippen LogP contribution is 2.63. The molecule has 8 rings (SSSR count). The highest BCUT2D eigenvalue weighted by Gasteiger charge is 2.62. The Balaban J connectivity index is 1.38. The van der Waals surface area contributed by atoms with E-state index in [2.05, 4.69) is 0 Å². The molecular formula is C35H32O16. The summed E-state index contributed by atoms with van der Waals surface area (Å²) >= 11 is 0. The lowest BCUT2D eigenvalue weighted by Gasteiger charge is -2.53. The van der Waals surface area contributed by atoms with Gasteiger partial charge in [-0.1, -0.05) is 6.07 Å². The average Bonchev–Trinajstić information content (AvgIpc) is 3.07. The molecule has 4 aliphatic rings. The molecule has 1 fully saturated rings. The first-order chi connectivity index (χ1) is 24.3. The minimum Gasteiger partial charge on any atom is -0.508 e. The fraction of sp³-hybridized carbons (Fsp3) is 0.314. The van der Waals surface area contributed by atoms with Crippen molar-refractivity contribution in [1.29, 1.82) is 0 Å². The summed E-state index contributed by atoms with van der Waals surface area (Å²) in [5, 5.41) is 117. The third-order valence-electron chi connectivity index (χ3n) is 9.74. The number of hydrogen-bond acceptors (Lipinski definition) is 16. The SMILES string of the molecule is Oc1cc(O)c2c(c1)O[C@]1(c3ccc(O)c(O)c3)Oc3cc(O)c4c(c3[C@H]2[C@@H]1O[C@H]1OC[C@H](O)[C@H](O)[C@H]1O)O[C@H](c1ccc(O)c(O)c1)[C@@H](O)C4. The van der Waals surface area contributed by atoms with Crippen molar-refractivity contribution in [2.24, 2.45) is 0 Å². The van der Waals surface area contributed by atoms with Crippen molar-refractivity contribution >= 4 is 0 Å². The molecular weight excluding hydrogens is 676 g/mol. The van der Waals surface area contributed by atoms with Crippen LogP contribution in [0.1, 0.15) is 39.8 Å². The van der Waals surface area contributed by atoms with Crippen LogP contribution < -0.4 is 14.2 Å². The Kier molecular flexibility index (Phi) is 7.46. The molecule has 1 saturated heterocycles. The number of fused-ring (bicyclic) bond motifs is 8. The van der Waals surface area contributed by atoms with Crippen LogP contribution in [0.3, 0.4) is 0 Å². The standard InChI is InChI=1S/C35H32O16/c36-14-7-21(42)26-24(8-14)50-35(13-2-4-17(38)20(41)6-13)33(49-34-30(46)29(45)23(44)11-47-34)28(26)27-25(51-35)10-18(39)15-9-22(43)31(48-32(15)27)12-1-3-16(37)19(40)5-12/h1-8,10,22-23,28-31,33-34,36-46H,9,11H2/t22-,23-,28-,29-,30+,31+,33-,34+,35+/m0/s1. The zero-order valence-corrected chi connectivity index (χ0v) is 26.2. The van der Waals surface area contributed by atoms with Crippen molar-refractivity contribution in [3.05, 3.63) is 82.4 Å². The maximum Gasteiger partial charge on any atom is 0.305 e. The average molecular weight is 709 g/mol. The van der Waals surface area contributed by atoms with E-state index in [9.17, 15) is 56.2 Å². The van der Waals surface area contributed by atoms with Gasteiger partial charge in [-0.15, -0.1) is 0 Å². The molecule has 0 amide bonds. The quantitative estimate of drug-likeness (QED) is 0.133. The fourth-order valence-electron chi connectivity index (χ4n) is 7.28. The zero-order chi connectivity index (χ0) is 36.1. The van der Waals surface area contributed by atoms with Crippen LogP contribution >= 0.6 is 0 Å². The van der Waals surface area contributed by atoms with E-state index in [1.54, 1.807) is 0 Å². The molecule has 16 heteroatoms. The molecule has 4 heterocycles. The molecule has 4 aromatic rings. The van der Waals surface area contributed by atoms with Gasteiger partial charge in [0, 0.05) is 46.9 Å². The molecule has 4 aromatic carbocycles. The molecule has 2 bridgehead atoms. The number of phenols is 7. The summed E-state index contributed by atoms with van der Waals surface area (Å²) in [4.78, 5) is 0. The van der Waals surface area contributed by atoms with Crippen LogP contribution in [0.5, 0.6) is 57.5 Å². The monoisotopic (exact) mass is 708 g/mol. The fourth-order valence-corrected chi connectivity index (χ4v) is 7.28. The summed E-state index contributed by atoms with van der Waals surface area (Å²) < 4.78 is 31.4. The Morgan fingerprint density at radius 1 is 0.647 bits per heavy atom. The van der Waals surface area contributed by atoms with E-state index in [-0.39, 0.29) is 57.2 Å². The summed E-state index contributed by atoms with van der Waals surface area (Å²) in [6.07, 6.45) is -10.8. The van der Waals surface area contributed by atoms with Gasteiger partial charge in [0.2, 0.25) is 0 Å². The number of aliphatic hydroxyl groups excluding tert-OH is 4. The Hall–Kier alpha value is -5.36. The predicted octanol–water partition coefficient (Wildman–Crippen LogP) is 1.26. The third-order valence-corrected chi connectivity index (χ3v) is 9.74. The van der Waals surface area contributed by atoms with Gasteiger partial charge in [-0.3, -0.25) is 0 Å². The molecule has 11 N–H and O–H groups in total. The zero-order valence-electron chi connectivity index (χ0n) is 26.2. The van der Waals surface area contributed by atoms with Crippen LogP contribution in [0.2, 0.25) is 0 Å². The van der Waals surface area contributed by atoms with Crippen LogP contribution in [0.15, 0.2) is 54.6 Å². The number of hydrogen-bond donors (Lipinski definition) is 11. The second kappa shape index (κ2) is 11.6. The minimum atomic E-state index is -2.23. The lowest BCUT2D eigenvalue weighted by atomic mass is 9.74. The van der Waals surface area contributed by atoms with E-state index in [1.165, 1.54) is 36.4 Å². The van der Waals surface area contributed by atoms with E-state index >= 15 is 0 Å². The topological polar surface area (TPSA) is 269 Å². The van der Waals surface area contributed by atoms with Crippen LogP contribution in [0, 0.1) is 0 Å². The van der Waals surface area contributed by atoms with Crippen molar-refractivity contribution in [1.82, 2.24) is 0 Å². The first-order valence-electron chi connectivity index (χ1n) is 15.8. The molecule has 16 nitrogen and oxygen atoms in total. The van der Waals surface area contributed by atoms with E-state index in [1.807, 2.05) is 0 Å². The van der Waals surface area contributed by atoms with Crippen LogP contribution in [0.25, 0.3) is 0 Å². The number of aromatic hydroxyl groups is 7. The third kappa shape index (κ3) is 4.98. The van der Waals surface area contributed by atoms with Gasteiger partial charge in [0.15, 0.2) is 35.4 Å². The Morgan fingerprint density at radius 3 is 2.04 bits per heavy atom. The normalized spacial score (nSPS) is 30.5. The molecule has 0 radical (unpaired) electrons. The molecule has 0 saturated carbocycles. The van der Waals surface area contributed by atoms with Gasteiger partial charge in [-0.2, -0.15) is 0 Å². The van der Waals surface area contributed by atoms with Gasteiger partial charge in [0.1, 0.15) is 58.9 Å². The van der Waals surface area contributed by atoms with E-state index in [0.717, 1.165) is 18.2 Å². The van der Waals surface area contributed by atoms with E-state index in [4.69, 9.17) is 23.7 Å². The van der Waals surface area contributed by atoms with Gasteiger partial charge in [-0.25, -0.2) is 0 Å². The molecule has 0 unspecified atom stereocenters. The number of phenolic OH excluding ortho intramolecular Hbond substituents is 7. The summed E-state index contributed by atoms with van der Waals surface area (Å²) in [5.41, 5.74) is 0.515. The number of rotatable bonds is 4. The highest BCUT2D eigenvalue weighted by molar-refractivity contribution is 5.68. The first-order valence-corrected chi connectivity index (χ1v) is 15.8. The van der Waals surface area contributed by atoms with Gasteiger partial charge in [0.25, 0.3) is 0 Å². The van der Waals surface area contributed by atoms with Crippen molar-refractivity contribution in [2.45, 2.75) is 61.0 Å². The van der Waals surface area contributed by atoms with Crippen molar-refractivity contribution < 1.29 is 79.9 Å². The van der Waals surface area contributed by atoms with E-state index in [0.29, 0.717) is 0 Å². The van der Waals surface area contributed by atoms with Gasteiger partial charge in [0.05, 0.1) is 18.6 Å². The van der Waals surface area contributed by atoms with Crippen molar-refractivity contribution in [3.63, 3.8) is 0 Å². The maximum absolute atomic E-state index is 11.4. The second-order valence-corrected chi connectivity index (χ2v) is 12.9. The number of aliphatic hydroxyl groups is 4. The van der Waals surface area contributed by atoms with Crippen molar-refractivity contribution in [3.8, 4) is 57.5 Å². The molecule has 268 valence electrons. The first kappa shape index (κ1) is 32.8. The Bertz CT molecular complexity index is 2050. The van der Waals surface area contributed by atoms with Gasteiger partial charge in [-0.05, 0) is 35.9 Å². The summed E-state index contributed by atoms with van der Waals surface area (Å²) in [7, 11) is 0. The van der Waals surface area contributed by atoms with Crippen LogP contribution in [0.4, 0.5) is 0 Å². The number of ether oxygens (including phenoxy) is 5. The summed E-state index contributed by atoms with van der Waals surface area (Å²) in [6.45, 7) is -0.452. The van der Waals surface area contributed by atoms with Gasteiger partial charge >= 0.3 is 5.79 Å². The highest BCUT2D eigenvalue weighted by atomic mass is 16.8. The summed E-state index contributed by atoms with van der Waals surface area (Å²) in [5.74, 6) is -7.00. The molecule has 9 atom stereocenters. The molecule has 51 heavy (non-hydrogen) atoms. The molecule has 0 aromatic heterocycles. The largest absolute Gasteiger partial charge is 0.508 e. The molecule has 0 spiro atoms.